The molecule has 1 atom stereocenters. The van der Waals surface area contributed by atoms with Crippen LogP contribution < -0.4 is 0 Å². The highest BCUT2D eigenvalue weighted by molar-refractivity contribution is 6.00. The molecular weight excluding hydrogens is 530 g/mol. The summed E-state index contributed by atoms with van der Waals surface area (Å²) in [6.07, 6.45) is -9.52. The lowest BCUT2D eigenvalue weighted by molar-refractivity contribution is -0.434. The topological polar surface area (TPSA) is 52.9 Å². The number of hydrogen-bond acceptors (Lipinski definition) is 3. The molecule has 0 saturated carbocycles. The number of rotatable bonds is 6. The number of alkyl halides is 13. The maximum atomic E-state index is 14.3. The summed E-state index contributed by atoms with van der Waals surface area (Å²) < 4.78 is 186. The van der Waals surface area contributed by atoms with E-state index in [0.29, 0.717) is 31.2 Å². The summed E-state index contributed by atoms with van der Waals surface area (Å²) in [6, 6.07) is 2.63. The monoisotopic (exact) mass is 540 g/mol. The minimum absolute atomic E-state index is 0.403. The van der Waals surface area contributed by atoms with Crippen molar-refractivity contribution in [3.8, 4) is 0 Å². The van der Waals surface area contributed by atoms with Crippen LogP contribution in [0.4, 0.5) is 61.5 Å². The molecule has 0 radical (unpaired) electrons. The van der Waals surface area contributed by atoms with Crippen molar-refractivity contribution in [1.29, 1.82) is 0 Å². The van der Waals surface area contributed by atoms with Gasteiger partial charge in [-0.3, -0.25) is 4.79 Å². The highest BCUT2D eigenvalue weighted by atomic mass is 19.4. The highest BCUT2D eigenvalue weighted by Crippen LogP contribution is 2.60. The van der Waals surface area contributed by atoms with Crippen LogP contribution in [0, 0.1) is 5.82 Å². The Kier molecular flexibility index (Phi) is 6.47. The standard InChI is InChI=1S/C17H10F14N2O2/c1-11(35)6-9(32-33(11)10(34)7-2-4-8(18)5-3-7)12(19,20)13(21,22)14(23,24)15(25,26)16(27,28)17(29,30)31/h2-5,35H,6H2,1H3/t11-/m1/s1. The Balaban J connectivity index is 2.55. The summed E-state index contributed by atoms with van der Waals surface area (Å²) in [4.78, 5) is 12.3. The van der Waals surface area contributed by atoms with Crippen LogP contribution in [0.5, 0.6) is 0 Å². The SMILES string of the molecule is C[C@@]1(O)CC(C(F)(F)C(F)(F)C(F)(F)C(F)(F)C(F)(F)C(F)(F)F)=NN1C(=O)c1ccc(F)cc1. The molecule has 1 aliphatic heterocycles. The van der Waals surface area contributed by atoms with E-state index >= 15 is 0 Å². The minimum atomic E-state index is -8.10. The van der Waals surface area contributed by atoms with Gasteiger partial charge >= 0.3 is 35.8 Å². The maximum absolute atomic E-state index is 14.3. The summed E-state index contributed by atoms with van der Waals surface area (Å²) in [7, 11) is 0. The Morgan fingerprint density at radius 3 is 1.69 bits per heavy atom. The first kappa shape index (κ1) is 28.6. The molecule has 1 aromatic carbocycles. The first-order chi connectivity index (χ1) is 15.4. The lowest BCUT2D eigenvalue weighted by Gasteiger charge is -2.39. The van der Waals surface area contributed by atoms with Crippen molar-refractivity contribution in [2.24, 2.45) is 5.10 Å². The lowest BCUT2D eigenvalue weighted by Crippen LogP contribution is -2.71. The van der Waals surface area contributed by atoms with Gasteiger partial charge in [0.2, 0.25) is 0 Å². The van der Waals surface area contributed by atoms with Crippen molar-refractivity contribution in [1.82, 2.24) is 5.01 Å². The quantitative estimate of drug-likeness (QED) is 0.487. The van der Waals surface area contributed by atoms with Gasteiger partial charge in [0.25, 0.3) is 5.91 Å². The zero-order valence-electron chi connectivity index (χ0n) is 16.6. The van der Waals surface area contributed by atoms with Gasteiger partial charge in [-0.1, -0.05) is 0 Å². The Bertz CT molecular complexity index is 1010. The number of aliphatic hydroxyl groups is 1. The summed E-state index contributed by atoms with van der Waals surface area (Å²) in [5.41, 5.74) is -6.30. The van der Waals surface area contributed by atoms with E-state index in [1.165, 1.54) is 0 Å². The van der Waals surface area contributed by atoms with Crippen LogP contribution in [-0.2, 0) is 0 Å². The zero-order chi connectivity index (χ0) is 27.6. The van der Waals surface area contributed by atoms with Crippen LogP contribution >= 0.6 is 0 Å². The third-order valence-electron chi connectivity index (χ3n) is 4.76. The van der Waals surface area contributed by atoms with E-state index in [1.807, 2.05) is 0 Å². The van der Waals surface area contributed by atoms with Crippen LogP contribution in [0.25, 0.3) is 0 Å². The van der Waals surface area contributed by atoms with E-state index < -0.39 is 75.9 Å². The number of hydrogen-bond donors (Lipinski definition) is 1. The second-order valence-corrected chi connectivity index (χ2v) is 7.43. The Morgan fingerprint density at radius 1 is 0.829 bits per heavy atom. The van der Waals surface area contributed by atoms with Gasteiger partial charge in [-0.25, -0.2) is 4.39 Å². The number of carbonyl (C=O) groups excluding carboxylic acids is 1. The summed E-state index contributed by atoms with van der Waals surface area (Å²) in [5.74, 6) is -41.0. The molecule has 1 amide bonds. The van der Waals surface area contributed by atoms with Gasteiger partial charge in [0.05, 0.1) is 0 Å². The molecule has 0 aliphatic carbocycles. The fourth-order valence-corrected chi connectivity index (χ4v) is 2.76. The molecule has 1 aromatic rings. The largest absolute Gasteiger partial charge is 0.460 e. The maximum Gasteiger partial charge on any atom is 0.460 e. The number of carbonyl (C=O) groups is 1. The predicted molar refractivity (Wildman–Crippen MR) is 86.0 cm³/mol. The van der Waals surface area contributed by atoms with Gasteiger partial charge in [0.1, 0.15) is 11.5 Å². The van der Waals surface area contributed by atoms with E-state index in [1.54, 1.807) is 0 Å². The average molecular weight is 540 g/mol. The molecule has 1 aliphatic rings. The minimum Gasteiger partial charge on any atom is -0.369 e. The van der Waals surface area contributed by atoms with Crippen LogP contribution in [0.1, 0.15) is 23.7 Å². The predicted octanol–water partition coefficient (Wildman–Crippen LogP) is 5.47. The zero-order valence-corrected chi connectivity index (χ0v) is 16.6. The smallest absolute Gasteiger partial charge is 0.369 e. The first-order valence-corrected chi connectivity index (χ1v) is 8.72. The third kappa shape index (κ3) is 4.08. The Hall–Kier alpha value is -2.66. The number of benzene rings is 1. The van der Waals surface area contributed by atoms with Crippen molar-refractivity contribution < 1.29 is 71.4 Å². The Morgan fingerprint density at radius 2 is 1.26 bits per heavy atom. The molecule has 198 valence electrons. The van der Waals surface area contributed by atoms with Gasteiger partial charge < -0.3 is 5.11 Å². The fourth-order valence-electron chi connectivity index (χ4n) is 2.76. The molecule has 1 N–H and O–H groups in total. The van der Waals surface area contributed by atoms with Gasteiger partial charge in [-0.05, 0) is 31.2 Å². The summed E-state index contributed by atoms with van der Waals surface area (Å²) in [6.45, 7) is 0.434. The van der Waals surface area contributed by atoms with Crippen molar-refractivity contribution in [3.05, 3.63) is 35.6 Å². The van der Waals surface area contributed by atoms with E-state index in [2.05, 4.69) is 5.10 Å². The molecule has 0 aromatic heterocycles. The van der Waals surface area contributed by atoms with Crippen molar-refractivity contribution >= 4 is 11.6 Å². The van der Waals surface area contributed by atoms with Crippen LogP contribution in [0.2, 0.25) is 0 Å². The lowest BCUT2D eigenvalue weighted by atomic mass is 9.90. The molecule has 0 spiro atoms. The highest BCUT2D eigenvalue weighted by Gasteiger charge is 2.91. The molecule has 35 heavy (non-hydrogen) atoms. The Labute approximate surface area is 184 Å². The molecule has 0 saturated heterocycles. The molecule has 0 fully saturated rings. The van der Waals surface area contributed by atoms with Gasteiger partial charge in [-0.2, -0.15) is 67.2 Å². The molecule has 0 unspecified atom stereocenters. The normalized spacial score (nSPS) is 20.8. The van der Waals surface area contributed by atoms with Crippen molar-refractivity contribution in [2.75, 3.05) is 0 Å². The number of nitrogens with zero attached hydrogens (tertiary/aromatic N) is 2. The second-order valence-electron chi connectivity index (χ2n) is 7.43. The van der Waals surface area contributed by atoms with E-state index in [4.69, 9.17) is 0 Å². The van der Waals surface area contributed by atoms with Crippen LogP contribution in [0.3, 0.4) is 0 Å². The van der Waals surface area contributed by atoms with E-state index in [9.17, 15) is 71.4 Å². The number of halogens is 14. The average Bonchev–Trinajstić information content (AvgIpc) is 3.02. The van der Waals surface area contributed by atoms with Gasteiger partial charge in [-0.15, -0.1) is 0 Å². The third-order valence-corrected chi connectivity index (χ3v) is 4.76. The van der Waals surface area contributed by atoms with Gasteiger partial charge in [0.15, 0.2) is 5.72 Å². The van der Waals surface area contributed by atoms with Crippen LogP contribution in [-0.4, -0.2) is 63.2 Å². The van der Waals surface area contributed by atoms with Crippen molar-refractivity contribution in [3.63, 3.8) is 0 Å². The summed E-state index contributed by atoms with van der Waals surface area (Å²) in [5, 5.41) is 12.2. The molecule has 1 heterocycles. The summed E-state index contributed by atoms with van der Waals surface area (Å²) >= 11 is 0. The second kappa shape index (κ2) is 7.92. The first-order valence-electron chi connectivity index (χ1n) is 8.72. The fraction of sp³-hybridized carbons (Fsp3) is 0.529. The number of amides is 1. The molecule has 4 nitrogen and oxygen atoms in total. The molecule has 18 heteroatoms. The molecule has 0 bridgehead atoms. The van der Waals surface area contributed by atoms with Crippen molar-refractivity contribution in [2.45, 2.75) is 54.9 Å². The molecule has 2 rings (SSSR count). The van der Waals surface area contributed by atoms with Crippen LogP contribution in [0.15, 0.2) is 29.4 Å². The van der Waals surface area contributed by atoms with E-state index in [-0.39, 0.29) is 0 Å². The molecular formula is C17H10F14N2O2. The van der Waals surface area contributed by atoms with E-state index in [0.717, 1.165) is 0 Å². The van der Waals surface area contributed by atoms with Gasteiger partial charge in [0, 0.05) is 12.0 Å². The number of hydrazone groups is 1.